The minimum atomic E-state index is -0.125. The first kappa shape index (κ1) is 27.7. The van der Waals surface area contributed by atoms with Crippen LogP contribution in [0.25, 0.3) is 16.6 Å². The number of halogens is 3. The molecule has 2 aromatic heterocycles. The molecule has 0 fully saturated rings. The third-order valence-electron chi connectivity index (χ3n) is 6.28. The van der Waals surface area contributed by atoms with E-state index in [0.717, 1.165) is 60.0 Å². The van der Waals surface area contributed by atoms with Gasteiger partial charge in [-0.15, -0.1) is 0 Å². The monoisotopic (exact) mass is 600 g/mol. The molecule has 0 bridgehead atoms. The lowest BCUT2D eigenvalue weighted by atomic mass is 10.00. The SMILES string of the molecule is CCCN(CCC)CCCOc1ccc(C(=O)c2c(-c3ccc(Cl)cc3)c(Br)c3ccccn23)cc1Cl. The van der Waals surface area contributed by atoms with E-state index in [0.29, 0.717) is 33.7 Å². The normalized spacial score (nSPS) is 11.4. The van der Waals surface area contributed by atoms with Crippen LogP contribution in [0.4, 0.5) is 0 Å². The molecule has 0 amide bonds. The molecule has 0 atom stereocenters. The Bertz CT molecular complexity index is 1360. The molecule has 0 aliphatic carbocycles. The predicted octanol–water partition coefficient (Wildman–Crippen LogP) is 8.80. The molecule has 4 rings (SSSR count). The fourth-order valence-electron chi connectivity index (χ4n) is 4.61. The highest BCUT2D eigenvalue weighted by molar-refractivity contribution is 9.10. The Kier molecular flexibility index (Phi) is 9.71. The fourth-order valence-corrected chi connectivity index (χ4v) is 5.71. The van der Waals surface area contributed by atoms with Gasteiger partial charge in [-0.3, -0.25) is 4.79 Å². The van der Waals surface area contributed by atoms with Gasteiger partial charge in [0.1, 0.15) is 11.4 Å². The molecule has 0 radical (unpaired) electrons. The first-order valence-electron chi connectivity index (χ1n) is 12.7. The minimum absolute atomic E-state index is 0.125. The molecule has 4 aromatic rings. The van der Waals surface area contributed by atoms with Crippen molar-refractivity contribution in [2.75, 3.05) is 26.2 Å². The maximum atomic E-state index is 13.9. The van der Waals surface area contributed by atoms with Crippen molar-refractivity contribution in [1.29, 1.82) is 0 Å². The van der Waals surface area contributed by atoms with Gasteiger partial charge in [-0.2, -0.15) is 0 Å². The molecule has 0 aliphatic rings. The van der Waals surface area contributed by atoms with Gasteiger partial charge in [0.05, 0.1) is 21.6 Å². The average molecular weight is 602 g/mol. The van der Waals surface area contributed by atoms with E-state index < -0.39 is 0 Å². The van der Waals surface area contributed by atoms with Gasteiger partial charge in [0.15, 0.2) is 0 Å². The number of fused-ring (bicyclic) bond motifs is 1. The van der Waals surface area contributed by atoms with Crippen LogP contribution < -0.4 is 4.74 Å². The van der Waals surface area contributed by atoms with Crippen molar-refractivity contribution in [2.24, 2.45) is 0 Å². The molecule has 2 aromatic carbocycles. The first-order valence-corrected chi connectivity index (χ1v) is 14.2. The van der Waals surface area contributed by atoms with Gasteiger partial charge in [-0.25, -0.2) is 0 Å². The number of rotatable bonds is 12. The number of carbonyl (C=O) groups excluding carboxylic acids is 1. The second-order valence-electron chi connectivity index (χ2n) is 9.02. The van der Waals surface area contributed by atoms with Crippen molar-refractivity contribution in [3.8, 4) is 16.9 Å². The Morgan fingerprint density at radius 1 is 0.973 bits per heavy atom. The van der Waals surface area contributed by atoms with Crippen LogP contribution in [0.15, 0.2) is 71.3 Å². The van der Waals surface area contributed by atoms with E-state index in [1.54, 1.807) is 18.2 Å². The molecule has 0 spiro atoms. The molecule has 2 heterocycles. The minimum Gasteiger partial charge on any atom is -0.492 e. The number of hydrogen-bond acceptors (Lipinski definition) is 3. The van der Waals surface area contributed by atoms with Crippen LogP contribution in [0.3, 0.4) is 0 Å². The molecule has 194 valence electrons. The summed E-state index contributed by atoms with van der Waals surface area (Å²) in [6.45, 7) is 8.20. The standard InChI is InChI=1S/C30H31BrCl2N2O2/c1-3-15-34(16-4-2)17-7-19-37-26-14-11-22(20-24(26)33)30(36)29-27(21-9-12-23(32)13-10-21)28(31)25-8-5-6-18-35(25)29/h5-6,8-14,18,20H,3-4,7,15-17,19H2,1-2H3. The van der Waals surface area contributed by atoms with Crippen LogP contribution in [0.1, 0.15) is 49.2 Å². The molecule has 0 unspecified atom stereocenters. The summed E-state index contributed by atoms with van der Waals surface area (Å²) in [7, 11) is 0. The number of nitrogens with zero attached hydrogens (tertiary/aromatic N) is 2. The lowest BCUT2D eigenvalue weighted by Crippen LogP contribution is -2.27. The summed E-state index contributed by atoms with van der Waals surface area (Å²) in [5, 5.41) is 1.07. The summed E-state index contributed by atoms with van der Waals surface area (Å²) < 4.78 is 8.73. The average Bonchev–Trinajstić information content (AvgIpc) is 3.20. The van der Waals surface area contributed by atoms with Crippen molar-refractivity contribution >= 4 is 50.4 Å². The van der Waals surface area contributed by atoms with Crippen molar-refractivity contribution in [3.63, 3.8) is 0 Å². The van der Waals surface area contributed by atoms with Crippen LogP contribution in [0, 0.1) is 0 Å². The summed E-state index contributed by atoms with van der Waals surface area (Å²) in [5.74, 6) is 0.468. The molecule has 7 heteroatoms. The van der Waals surface area contributed by atoms with E-state index in [4.69, 9.17) is 27.9 Å². The van der Waals surface area contributed by atoms with Crippen molar-refractivity contribution in [2.45, 2.75) is 33.1 Å². The highest BCUT2D eigenvalue weighted by Crippen LogP contribution is 2.39. The van der Waals surface area contributed by atoms with Crippen LogP contribution in [0.2, 0.25) is 10.0 Å². The second-order valence-corrected chi connectivity index (χ2v) is 10.7. The smallest absolute Gasteiger partial charge is 0.210 e. The number of hydrogen-bond donors (Lipinski definition) is 0. The predicted molar refractivity (Wildman–Crippen MR) is 158 cm³/mol. The quantitative estimate of drug-likeness (QED) is 0.120. The summed E-state index contributed by atoms with van der Waals surface area (Å²) in [6.07, 6.45) is 5.11. The number of aromatic nitrogens is 1. The van der Waals surface area contributed by atoms with Crippen LogP contribution in [0.5, 0.6) is 5.75 Å². The molecular weight excluding hydrogens is 571 g/mol. The summed E-state index contributed by atoms with van der Waals surface area (Å²) in [5.41, 5.74) is 3.67. The lowest BCUT2D eigenvalue weighted by molar-refractivity contribution is 0.103. The van der Waals surface area contributed by atoms with Crippen LogP contribution in [-0.4, -0.2) is 41.3 Å². The first-order chi connectivity index (χ1) is 17.9. The molecule has 37 heavy (non-hydrogen) atoms. The molecule has 0 saturated heterocycles. The molecule has 0 N–H and O–H groups in total. The zero-order chi connectivity index (χ0) is 26.4. The van der Waals surface area contributed by atoms with E-state index in [1.165, 1.54) is 0 Å². The van der Waals surface area contributed by atoms with Gasteiger partial charge in [-0.1, -0.05) is 55.2 Å². The Hall–Kier alpha value is -2.31. The Morgan fingerprint density at radius 2 is 1.70 bits per heavy atom. The van der Waals surface area contributed by atoms with Crippen molar-refractivity contribution in [3.05, 3.63) is 92.6 Å². The largest absolute Gasteiger partial charge is 0.492 e. The topological polar surface area (TPSA) is 34.0 Å². The summed E-state index contributed by atoms with van der Waals surface area (Å²) in [4.78, 5) is 16.3. The molecule has 0 saturated carbocycles. The number of benzene rings is 2. The lowest BCUT2D eigenvalue weighted by Gasteiger charge is -2.20. The Morgan fingerprint density at radius 3 is 2.38 bits per heavy atom. The summed E-state index contributed by atoms with van der Waals surface area (Å²) >= 11 is 16.4. The third kappa shape index (κ3) is 6.40. The number of pyridine rings is 1. The highest BCUT2D eigenvalue weighted by atomic mass is 79.9. The van der Waals surface area contributed by atoms with Gasteiger partial charge < -0.3 is 14.0 Å². The Labute approximate surface area is 237 Å². The number of ether oxygens (including phenoxy) is 1. The van der Waals surface area contributed by atoms with Crippen LogP contribution in [-0.2, 0) is 0 Å². The van der Waals surface area contributed by atoms with Gasteiger partial charge in [0.2, 0.25) is 5.78 Å². The zero-order valence-electron chi connectivity index (χ0n) is 21.1. The van der Waals surface area contributed by atoms with Gasteiger partial charge in [0.25, 0.3) is 0 Å². The van der Waals surface area contributed by atoms with Crippen LogP contribution >= 0.6 is 39.1 Å². The molecule has 4 nitrogen and oxygen atoms in total. The zero-order valence-corrected chi connectivity index (χ0v) is 24.2. The second kappa shape index (κ2) is 13.0. The third-order valence-corrected chi connectivity index (χ3v) is 7.63. The van der Waals surface area contributed by atoms with Gasteiger partial charge in [-0.05, 0) is 96.3 Å². The maximum absolute atomic E-state index is 13.9. The maximum Gasteiger partial charge on any atom is 0.210 e. The molecular formula is C30H31BrCl2N2O2. The van der Waals surface area contributed by atoms with E-state index in [-0.39, 0.29) is 5.78 Å². The van der Waals surface area contributed by atoms with Crippen molar-refractivity contribution < 1.29 is 9.53 Å². The van der Waals surface area contributed by atoms with Crippen molar-refractivity contribution in [1.82, 2.24) is 9.30 Å². The van der Waals surface area contributed by atoms with Gasteiger partial charge >= 0.3 is 0 Å². The van der Waals surface area contributed by atoms with E-state index >= 15 is 0 Å². The number of carbonyl (C=O) groups is 1. The van der Waals surface area contributed by atoms with E-state index in [2.05, 4.69) is 34.7 Å². The van der Waals surface area contributed by atoms with Gasteiger partial charge in [0, 0.05) is 28.9 Å². The van der Waals surface area contributed by atoms with E-state index in [9.17, 15) is 4.79 Å². The highest BCUT2D eigenvalue weighted by Gasteiger charge is 2.25. The van der Waals surface area contributed by atoms with E-state index in [1.807, 2.05) is 53.1 Å². The summed E-state index contributed by atoms with van der Waals surface area (Å²) in [6, 6.07) is 18.6. The number of ketones is 1. The fraction of sp³-hybridized carbons (Fsp3) is 0.300. The Balaban J connectivity index is 1.57. The molecule has 0 aliphatic heterocycles.